The molecular weight excluding hydrogens is 126 g/mol. The Kier molecular flexibility index (Phi) is 13.0. The molecule has 0 aromatic carbocycles. The Balaban J connectivity index is 0. The van der Waals surface area contributed by atoms with Gasteiger partial charge < -0.3 is 10.1 Å². The van der Waals surface area contributed by atoms with E-state index in [1.165, 1.54) is 6.26 Å². The average molecular weight is 143 g/mol. The van der Waals surface area contributed by atoms with Crippen LogP contribution in [0.15, 0.2) is 25.3 Å². The number of hydrogen-bond acceptors (Lipinski definition) is 2. The fraction of sp³-hybridized carbons (Fsp3) is 0.500. The molecule has 0 heterocycles. The maximum atomic E-state index is 4.74. The van der Waals surface area contributed by atoms with E-state index in [-0.39, 0.29) is 0 Å². The van der Waals surface area contributed by atoms with Crippen LogP contribution in [0.3, 0.4) is 0 Å². The van der Waals surface area contributed by atoms with Crippen LogP contribution >= 0.6 is 0 Å². The van der Waals surface area contributed by atoms with Gasteiger partial charge in [0.2, 0.25) is 0 Å². The van der Waals surface area contributed by atoms with Gasteiger partial charge in [0, 0.05) is 6.54 Å². The molecule has 0 bridgehead atoms. The van der Waals surface area contributed by atoms with Crippen LogP contribution in [0.1, 0.15) is 20.8 Å². The van der Waals surface area contributed by atoms with E-state index in [1.54, 1.807) is 0 Å². The van der Waals surface area contributed by atoms with Gasteiger partial charge in [-0.05, 0) is 13.5 Å². The molecule has 0 saturated heterocycles. The van der Waals surface area contributed by atoms with E-state index in [0.29, 0.717) is 5.88 Å². The number of hydrogen-bond donors (Lipinski definition) is 1. The van der Waals surface area contributed by atoms with Gasteiger partial charge in [0.15, 0.2) is 5.88 Å². The van der Waals surface area contributed by atoms with Crippen molar-refractivity contribution in [3.8, 4) is 0 Å². The van der Waals surface area contributed by atoms with Gasteiger partial charge in [0.05, 0.1) is 6.26 Å². The summed E-state index contributed by atoms with van der Waals surface area (Å²) in [6.45, 7) is 13.7. The average Bonchev–Trinajstić information content (AvgIpc) is 1.93. The van der Waals surface area contributed by atoms with Crippen LogP contribution in [-0.4, -0.2) is 6.54 Å². The first-order chi connectivity index (χ1) is 4.81. The maximum Gasteiger partial charge on any atom is 0.185 e. The highest BCUT2D eigenvalue weighted by molar-refractivity contribution is 4.80. The van der Waals surface area contributed by atoms with Gasteiger partial charge >= 0.3 is 0 Å². The summed E-state index contributed by atoms with van der Waals surface area (Å²) >= 11 is 0. The minimum Gasteiger partial charge on any atom is -0.450 e. The van der Waals surface area contributed by atoms with Gasteiger partial charge in [0.25, 0.3) is 0 Å². The van der Waals surface area contributed by atoms with E-state index >= 15 is 0 Å². The van der Waals surface area contributed by atoms with Crippen LogP contribution < -0.4 is 5.32 Å². The highest BCUT2D eigenvalue weighted by Gasteiger charge is 1.82. The van der Waals surface area contributed by atoms with Crippen molar-refractivity contribution in [2.45, 2.75) is 20.8 Å². The summed E-state index contributed by atoms with van der Waals surface area (Å²) in [5.74, 6) is 0.544. The van der Waals surface area contributed by atoms with Crippen molar-refractivity contribution in [2.24, 2.45) is 0 Å². The summed E-state index contributed by atoms with van der Waals surface area (Å²) in [6.07, 6.45) is 1.34. The summed E-state index contributed by atoms with van der Waals surface area (Å²) in [6, 6.07) is 0. The van der Waals surface area contributed by atoms with Crippen molar-refractivity contribution in [1.29, 1.82) is 0 Å². The number of nitrogens with one attached hydrogen (secondary N) is 1. The Morgan fingerprint density at radius 2 is 2.10 bits per heavy atom. The van der Waals surface area contributed by atoms with E-state index in [2.05, 4.69) is 18.5 Å². The second kappa shape index (κ2) is 11.0. The zero-order valence-corrected chi connectivity index (χ0v) is 7.11. The molecule has 1 N–H and O–H groups in total. The first kappa shape index (κ1) is 11.8. The zero-order valence-electron chi connectivity index (χ0n) is 7.11. The van der Waals surface area contributed by atoms with Crippen LogP contribution in [0.2, 0.25) is 0 Å². The lowest BCUT2D eigenvalue weighted by Crippen LogP contribution is -2.11. The van der Waals surface area contributed by atoms with Crippen molar-refractivity contribution >= 4 is 0 Å². The Bertz CT molecular complexity index is 89.3. The van der Waals surface area contributed by atoms with E-state index in [9.17, 15) is 0 Å². The molecular formula is C8H17NO. The summed E-state index contributed by atoms with van der Waals surface area (Å²) in [7, 11) is 0. The monoisotopic (exact) mass is 143 g/mol. The Hall–Kier alpha value is -0.920. The number of ether oxygens (including phenoxy) is 1. The third kappa shape index (κ3) is 10.1. The van der Waals surface area contributed by atoms with Crippen LogP contribution in [0.4, 0.5) is 0 Å². The fourth-order valence-electron chi connectivity index (χ4n) is 0.339. The Morgan fingerprint density at radius 3 is 2.40 bits per heavy atom. The molecule has 0 saturated carbocycles. The van der Waals surface area contributed by atoms with E-state index in [1.807, 2.05) is 20.8 Å². The van der Waals surface area contributed by atoms with Crippen LogP contribution in [-0.2, 0) is 4.74 Å². The quantitative estimate of drug-likeness (QED) is 0.609. The van der Waals surface area contributed by atoms with Crippen molar-refractivity contribution < 1.29 is 4.74 Å². The molecule has 0 rings (SSSR count). The summed E-state index contributed by atoms with van der Waals surface area (Å²) < 4.78 is 4.74. The molecule has 0 unspecified atom stereocenters. The van der Waals surface area contributed by atoms with Crippen LogP contribution in [0.25, 0.3) is 0 Å². The Labute approximate surface area is 63.6 Å². The van der Waals surface area contributed by atoms with Gasteiger partial charge in [-0.1, -0.05) is 20.4 Å². The molecule has 0 aliphatic rings. The number of rotatable bonds is 4. The highest BCUT2D eigenvalue weighted by atomic mass is 16.5. The fourth-order valence-corrected chi connectivity index (χ4v) is 0.339. The summed E-state index contributed by atoms with van der Waals surface area (Å²) in [4.78, 5) is 0. The predicted molar refractivity (Wildman–Crippen MR) is 45.4 cm³/mol. The third-order valence-electron chi connectivity index (χ3n) is 0.600. The van der Waals surface area contributed by atoms with Crippen LogP contribution in [0.5, 0.6) is 0 Å². The lowest BCUT2D eigenvalue weighted by molar-refractivity contribution is 0.321. The second-order valence-corrected chi connectivity index (χ2v) is 1.24. The molecule has 0 amide bonds. The Morgan fingerprint density at radius 1 is 1.60 bits per heavy atom. The predicted octanol–water partition coefficient (Wildman–Crippen LogP) is 2.25. The minimum absolute atomic E-state index is 0.544. The van der Waals surface area contributed by atoms with Crippen molar-refractivity contribution in [3.05, 3.63) is 25.3 Å². The third-order valence-corrected chi connectivity index (χ3v) is 0.600. The van der Waals surface area contributed by atoms with E-state index in [0.717, 1.165) is 6.54 Å². The van der Waals surface area contributed by atoms with Gasteiger partial charge in [-0.25, -0.2) is 0 Å². The summed E-state index contributed by atoms with van der Waals surface area (Å²) in [5.41, 5.74) is 0. The molecule has 10 heavy (non-hydrogen) atoms. The molecule has 0 aliphatic heterocycles. The molecule has 0 fully saturated rings. The minimum atomic E-state index is 0.544. The molecule has 2 heteroatoms. The molecule has 60 valence electrons. The van der Waals surface area contributed by atoms with Gasteiger partial charge in [-0.3, -0.25) is 0 Å². The SMILES string of the molecule is C=COC(=C)NCC.CC. The normalized spacial score (nSPS) is 6.70. The van der Waals surface area contributed by atoms with Crippen LogP contribution in [0, 0.1) is 0 Å². The largest absolute Gasteiger partial charge is 0.450 e. The van der Waals surface area contributed by atoms with Gasteiger partial charge in [-0.2, -0.15) is 0 Å². The molecule has 0 aromatic rings. The van der Waals surface area contributed by atoms with Crippen molar-refractivity contribution in [1.82, 2.24) is 5.32 Å². The molecule has 0 radical (unpaired) electrons. The molecule has 0 spiro atoms. The highest BCUT2D eigenvalue weighted by Crippen LogP contribution is 1.84. The lowest BCUT2D eigenvalue weighted by atomic mass is 10.7. The maximum absolute atomic E-state index is 4.74. The van der Waals surface area contributed by atoms with Gasteiger partial charge in [0.1, 0.15) is 0 Å². The molecule has 0 aliphatic carbocycles. The molecule has 0 atom stereocenters. The zero-order chi connectivity index (χ0) is 8.41. The standard InChI is InChI=1S/C6H11NO.C2H6/c1-4-7-6(3)8-5-2;1-2/h5,7H,2-4H2,1H3;1-2H3. The summed E-state index contributed by atoms with van der Waals surface area (Å²) in [5, 5.41) is 2.86. The van der Waals surface area contributed by atoms with E-state index in [4.69, 9.17) is 4.74 Å². The van der Waals surface area contributed by atoms with E-state index < -0.39 is 0 Å². The smallest absolute Gasteiger partial charge is 0.185 e. The topological polar surface area (TPSA) is 21.3 Å². The first-order valence-electron chi connectivity index (χ1n) is 3.51. The molecule has 0 aromatic heterocycles. The van der Waals surface area contributed by atoms with Gasteiger partial charge in [-0.15, -0.1) is 0 Å². The first-order valence-corrected chi connectivity index (χ1v) is 3.51. The second-order valence-electron chi connectivity index (χ2n) is 1.24. The molecule has 2 nitrogen and oxygen atoms in total. The van der Waals surface area contributed by atoms with Crippen molar-refractivity contribution in [2.75, 3.05) is 6.54 Å². The van der Waals surface area contributed by atoms with Crippen molar-refractivity contribution in [3.63, 3.8) is 0 Å². The lowest BCUT2D eigenvalue weighted by Gasteiger charge is -2.02.